The smallest absolute Gasteiger partial charge is 0.316 e. The molecule has 1 aliphatic carbocycles. The monoisotopic (exact) mass is 218 g/mol. The first kappa shape index (κ1) is 11.2. The van der Waals surface area contributed by atoms with E-state index in [0.29, 0.717) is 5.92 Å². The number of carbonyl (C=O) groups excluding carboxylic acids is 1. The molecule has 16 heavy (non-hydrogen) atoms. The van der Waals surface area contributed by atoms with E-state index in [2.05, 4.69) is 39.0 Å². The van der Waals surface area contributed by atoms with Gasteiger partial charge in [0.1, 0.15) is 0 Å². The Bertz CT molecular complexity index is 436. The summed E-state index contributed by atoms with van der Waals surface area (Å²) in [6, 6.07) is 6.26. The number of aryl methyl sites for hydroxylation is 2. The second-order valence-corrected chi connectivity index (χ2v) is 4.87. The lowest BCUT2D eigenvalue weighted by Gasteiger charge is -2.15. The molecule has 1 aromatic carbocycles. The van der Waals surface area contributed by atoms with Crippen LogP contribution in [0, 0.1) is 19.8 Å². The Morgan fingerprint density at radius 1 is 1.38 bits per heavy atom. The quantitative estimate of drug-likeness (QED) is 0.713. The minimum absolute atomic E-state index is 0.0942. The van der Waals surface area contributed by atoms with Gasteiger partial charge >= 0.3 is 5.97 Å². The summed E-state index contributed by atoms with van der Waals surface area (Å²) in [5, 5.41) is 0. The van der Waals surface area contributed by atoms with E-state index in [-0.39, 0.29) is 11.4 Å². The van der Waals surface area contributed by atoms with Crippen LogP contribution < -0.4 is 0 Å². The first-order chi connectivity index (χ1) is 7.52. The molecule has 1 aromatic rings. The summed E-state index contributed by atoms with van der Waals surface area (Å²) < 4.78 is 4.93. The van der Waals surface area contributed by atoms with Crippen molar-refractivity contribution in [2.75, 3.05) is 7.11 Å². The van der Waals surface area contributed by atoms with E-state index >= 15 is 0 Å². The van der Waals surface area contributed by atoms with Gasteiger partial charge in [-0.1, -0.05) is 25.1 Å². The Morgan fingerprint density at radius 3 is 2.44 bits per heavy atom. The molecule has 0 radical (unpaired) electrons. The molecule has 86 valence electrons. The first-order valence-electron chi connectivity index (χ1n) is 5.68. The molecule has 0 N–H and O–H groups in total. The van der Waals surface area contributed by atoms with Crippen molar-refractivity contribution in [1.29, 1.82) is 0 Å². The van der Waals surface area contributed by atoms with E-state index in [1.54, 1.807) is 0 Å². The summed E-state index contributed by atoms with van der Waals surface area (Å²) >= 11 is 0. The van der Waals surface area contributed by atoms with Gasteiger partial charge in [-0.2, -0.15) is 0 Å². The predicted octanol–water partition coefficient (Wildman–Crippen LogP) is 2.75. The molecule has 0 saturated heterocycles. The highest BCUT2D eigenvalue weighted by Crippen LogP contribution is 2.55. The van der Waals surface area contributed by atoms with E-state index in [1.807, 2.05) is 0 Å². The van der Waals surface area contributed by atoms with Gasteiger partial charge in [0.05, 0.1) is 12.5 Å². The standard InChI is InChI=1S/C14H18O2/c1-9-5-6-12(7-10(9)2)14(8-11(14)3)13(15)16-4/h5-7,11H,8H2,1-4H3. The summed E-state index contributed by atoms with van der Waals surface area (Å²) in [7, 11) is 1.47. The highest BCUT2D eigenvalue weighted by molar-refractivity contribution is 5.87. The number of hydrogen-bond donors (Lipinski definition) is 0. The van der Waals surface area contributed by atoms with E-state index < -0.39 is 0 Å². The minimum atomic E-state index is -0.368. The Balaban J connectivity index is 2.43. The zero-order valence-electron chi connectivity index (χ0n) is 10.3. The Hall–Kier alpha value is -1.31. The summed E-state index contributed by atoms with van der Waals surface area (Å²) in [5.74, 6) is 0.297. The van der Waals surface area contributed by atoms with Crippen molar-refractivity contribution >= 4 is 5.97 Å². The maximum absolute atomic E-state index is 11.9. The van der Waals surface area contributed by atoms with Crippen molar-refractivity contribution in [1.82, 2.24) is 0 Å². The molecule has 2 rings (SSSR count). The van der Waals surface area contributed by atoms with Crippen molar-refractivity contribution in [2.24, 2.45) is 5.92 Å². The van der Waals surface area contributed by atoms with Crippen molar-refractivity contribution in [2.45, 2.75) is 32.6 Å². The molecular weight excluding hydrogens is 200 g/mol. The lowest BCUT2D eigenvalue weighted by Crippen LogP contribution is -2.24. The normalized spacial score (nSPS) is 27.6. The summed E-state index contributed by atoms with van der Waals surface area (Å²) in [6.07, 6.45) is 0.905. The average Bonchev–Trinajstić information content (AvgIpc) is 2.94. The van der Waals surface area contributed by atoms with E-state index in [9.17, 15) is 4.79 Å². The fourth-order valence-electron chi connectivity index (χ4n) is 2.43. The van der Waals surface area contributed by atoms with Crippen molar-refractivity contribution in [3.8, 4) is 0 Å². The van der Waals surface area contributed by atoms with Crippen LogP contribution in [0.1, 0.15) is 30.0 Å². The molecule has 2 nitrogen and oxygen atoms in total. The van der Waals surface area contributed by atoms with Crippen LogP contribution in [0.15, 0.2) is 18.2 Å². The number of carbonyl (C=O) groups is 1. The van der Waals surface area contributed by atoms with Crippen LogP contribution >= 0.6 is 0 Å². The van der Waals surface area contributed by atoms with E-state index in [4.69, 9.17) is 4.74 Å². The van der Waals surface area contributed by atoms with Gasteiger partial charge in [0.2, 0.25) is 0 Å². The molecule has 1 saturated carbocycles. The van der Waals surface area contributed by atoms with Gasteiger partial charge in [0.15, 0.2) is 0 Å². The van der Waals surface area contributed by atoms with Crippen LogP contribution in [0.5, 0.6) is 0 Å². The highest BCUT2D eigenvalue weighted by atomic mass is 16.5. The molecule has 0 amide bonds. The largest absolute Gasteiger partial charge is 0.468 e. The Labute approximate surface area is 96.6 Å². The number of methoxy groups -OCH3 is 1. The zero-order valence-corrected chi connectivity index (χ0v) is 10.3. The number of esters is 1. The first-order valence-corrected chi connectivity index (χ1v) is 5.68. The van der Waals surface area contributed by atoms with E-state index in [0.717, 1.165) is 12.0 Å². The summed E-state index contributed by atoms with van der Waals surface area (Å²) in [5.41, 5.74) is 3.24. The van der Waals surface area contributed by atoms with Gasteiger partial charge in [-0.25, -0.2) is 0 Å². The van der Waals surface area contributed by atoms with Crippen molar-refractivity contribution in [3.63, 3.8) is 0 Å². The predicted molar refractivity (Wildman–Crippen MR) is 63.4 cm³/mol. The molecule has 0 aromatic heterocycles. The molecule has 0 bridgehead atoms. The summed E-state index contributed by atoms with van der Waals surface area (Å²) in [4.78, 5) is 11.9. The van der Waals surface area contributed by atoms with Crippen LogP contribution in [0.4, 0.5) is 0 Å². The molecule has 0 spiro atoms. The number of ether oxygens (including phenoxy) is 1. The molecule has 0 aliphatic heterocycles. The van der Waals surface area contributed by atoms with E-state index in [1.165, 1.54) is 18.2 Å². The van der Waals surface area contributed by atoms with Gasteiger partial charge in [0.25, 0.3) is 0 Å². The van der Waals surface area contributed by atoms with Gasteiger partial charge in [-0.3, -0.25) is 4.79 Å². The lowest BCUT2D eigenvalue weighted by molar-refractivity contribution is -0.144. The molecule has 1 fully saturated rings. The number of hydrogen-bond acceptors (Lipinski definition) is 2. The zero-order chi connectivity index (χ0) is 11.9. The Kier molecular flexibility index (Phi) is 2.53. The topological polar surface area (TPSA) is 26.3 Å². The second kappa shape index (κ2) is 3.62. The molecular formula is C14H18O2. The van der Waals surface area contributed by atoms with Gasteiger partial charge in [-0.15, -0.1) is 0 Å². The SMILES string of the molecule is COC(=O)C1(c2ccc(C)c(C)c2)CC1C. The molecule has 1 aliphatic rings. The highest BCUT2D eigenvalue weighted by Gasteiger charge is 2.59. The number of benzene rings is 1. The van der Waals surface area contributed by atoms with Crippen LogP contribution in [-0.4, -0.2) is 13.1 Å². The van der Waals surface area contributed by atoms with Crippen molar-refractivity contribution in [3.05, 3.63) is 34.9 Å². The summed E-state index contributed by atoms with van der Waals surface area (Å²) in [6.45, 7) is 6.27. The minimum Gasteiger partial charge on any atom is -0.468 e. The molecule has 0 heterocycles. The maximum Gasteiger partial charge on any atom is 0.316 e. The molecule has 2 unspecified atom stereocenters. The fraction of sp³-hybridized carbons (Fsp3) is 0.500. The number of rotatable bonds is 2. The molecule has 2 atom stereocenters. The fourth-order valence-corrected chi connectivity index (χ4v) is 2.43. The third kappa shape index (κ3) is 1.44. The van der Waals surface area contributed by atoms with Gasteiger partial charge in [0, 0.05) is 0 Å². The van der Waals surface area contributed by atoms with Crippen LogP contribution in [0.3, 0.4) is 0 Å². The van der Waals surface area contributed by atoms with Gasteiger partial charge < -0.3 is 4.74 Å². The van der Waals surface area contributed by atoms with Crippen molar-refractivity contribution < 1.29 is 9.53 Å². The lowest BCUT2D eigenvalue weighted by atomic mass is 9.91. The van der Waals surface area contributed by atoms with Crippen LogP contribution in [-0.2, 0) is 14.9 Å². The maximum atomic E-state index is 11.9. The Morgan fingerprint density at radius 2 is 2.00 bits per heavy atom. The second-order valence-electron chi connectivity index (χ2n) is 4.87. The van der Waals surface area contributed by atoms with Crippen LogP contribution in [0.2, 0.25) is 0 Å². The third-order valence-electron chi connectivity index (χ3n) is 3.88. The molecule has 2 heteroatoms. The average molecular weight is 218 g/mol. The van der Waals surface area contributed by atoms with Crippen LogP contribution in [0.25, 0.3) is 0 Å². The third-order valence-corrected chi connectivity index (χ3v) is 3.88. The van der Waals surface area contributed by atoms with Gasteiger partial charge in [-0.05, 0) is 42.9 Å².